The maximum atomic E-state index is 4.48. The molecule has 32 heavy (non-hydrogen) atoms. The minimum atomic E-state index is 0.326. The molecule has 0 fully saturated rings. The van der Waals surface area contributed by atoms with Crippen LogP contribution in [0.1, 0.15) is 30.9 Å². The molecule has 7 heteroatoms. The lowest BCUT2D eigenvalue weighted by Crippen LogP contribution is -2.07. The van der Waals surface area contributed by atoms with Crippen LogP contribution in [0, 0.1) is 0 Å². The van der Waals surface area contributed by atoms with Crippen molar-refractivity contribution in [2.75, 3.05) is 16.1 Å². The molecule has 7 nitrogen and oxygen atoms in total. The summed E-state index contributed by atoms with van der Waals surface area (Å²) >= 11 is 0. The third-order valence-corrected chi connectivity index (χ3v) is 4.68. The first-order valence-electron chi connectivity index (χ1n) is 10.4. The summed E-state index contributed by atoms with van der Waals surface area (Å²) in [5.41, 5.74) is 6.95. The summed E-state index contributed by atoms with van der Waals surface area (Å²) in [5.74, 6) is 1.63. The van der Waals surface area contributed by atoms with Gasteiger partial charge >= 0.3 is 0 Å². The Balaban J connectivity index is 1.53. The Morgan fingerprint density at radius 2 is 1.16 bits per heavy atom. The first kappa shape index (κ1) is 21.0. The fourth-order valence-electron chi connectivity index (χ4n) is 2.97. The van der Waals surface area contributed by atoms with Crippen molar-refractivity contribution in [2.45, 2.75) is 19.8 Å². The average Bonchev–Trinajstić information content (AvgIpc) is 2.81. The normalized spacial score (nSPS) is 11.0. The van der Waals surface area contributed by atoms with Gasteiger partial charge in [0.15, 0.2) is 0 Å². The van der Waals surface area contributed by atoms with Crippen molar-refractivity contribution in [2.24, 2.45) is 5.10 Å². The third-order valence-electron chi connectivity index (χ3n) is 4.68. The number of hydrazone groups is 1. The fourth-order valence-corrected chi connectivity index (χ4v) is 2.97. The van der Waals surface area contributed by atoms with Crippen molar-refractivity contribution < 1.29 is 0 Å². The van der Waals surface area contributed by atoms with E-state index in [4.69, 9.17) is 0 Å². The molecular formula is C25H25N7. The predicted octanol–water partition coefficient (Wildman–Crippen LogP) is 5.93. The Labute approximate surface area is 187 Å². The van der Waals surface area contributed by atoms with Crippen LogP contribution in [0.2, 0.25) is 0 Å². The molecule has 0 bridgehead atoms. The van der Waals surface area contributed by atoms with Gasteiger partial charge in [-0.25, -0.2) is 5.43 Å². The number of aromatic nitrogens is 3. The second-order valence-electron chi connectivity index (χ2n) is 7.48. The molecule has 0 saturated carbocycles. The van der Waals surface area contributed by atoms with Crippen LogP contribution in [0.4, 0.5) is 29.2 Å². The molecule has 4 aromatic rings. The molecule has 0 aliphatic carbocycles. The number of para-hydroxylation sites is 2. The molecule has 0 spiro atoms. The number of nitrogens with zero attached hydrogens (tertiary/aromatic N) is 4. The van der Waals surface area contributed by atoms with Crippen LogP contribution < -0.4 is 16.1 Å². The summed E-state index contributed by atoms with van der Waals surface area (Å²) in [7, 11) is 0. The van der Waals surface area contributed by atoms with Gasteiger partial charge in [-0.1, -0.05) is 74.5 Å². The number of hydrogen-bond acceptors (Lipinski definition) is 7. The zero-order valence-corrected chi connectivity index (χ0v) is 18.0. The molecule has 0 aliphatic rings. The lowest BCUT2D eigenvalue weighted by Gasteiger charge is -2.10. The number of hydrogen-bond donors (Lipinski definition) is 3. The van der Waals surface area contributed by atoms with Crippen molar-refractivity contribution in [1.82, 2.24) is 15.0 Å². The molecular weight excluding hydrogens is 398 g/mol. The molecule has 0 unspecified atom stereocenters. The summed E-state index contributed by atoms with van der Waals surface area (Å²) < 4.78 is 0. The lowest BCUT2D eigenvalue weighted by molar-refractivity contribution is 0.866. The Bertz CT molecular complexity index is 1100. The average molecular weight is 424 g/mol. The highest BCUT2D eigenvalue weighted by atomic mass is 15.4. The van der Waals surface area contributed by atoms with E-state index in [1.54, 1.807) is 6.21 Å². The van der Waals surface area contributed by atoms with E-state index in [1.165, 1.54) is 5.56 Å². The van der Waals surface area contributed by atoms with Gasteiger partial charge in [0, 0.05) is 11.4 Å². The van der Waals surface area contributed by atoms with E-state index in [1.807, 2.05) is 72.8 Å². The predicted molar refractivity (Wildman–Crippen MR) is 131 cm³/mol. The number of anilines is 5. The zero-order chi connectivity index (χ0) is 22.2. The van der Waals surface area contributed by atoms with E-state index < -0.39 is 0 Å². The Hall–Kier alpha value is -4.26. The molecule has 1 heterocycles. The second kappa shape index (κ2) is 10.2. The summed E-state index contributed by atoms with van der Waals surface area (Å²) in [5, 5.41) is 10.7. The van der Waals surface area contributed by atoms with E-state index in [0.29, 0.717) is 23.8 Å². The lowest BCUT2D eigenvalue weighted by atomic mass is 10.0. The van der Waals surface area contributed by atoms with Gasteiger partial charge in [-0.05, 0) is 41.3 Å². The van der Waals surface area contributed by atoms with Gasteiger partial charge < -0.3 is 10.6 Å². The fraction of sp³-hybridized carbons (Fsp3) is 0.120. The molecule has 3 N–H and O–H groups in total. The van der Waals surface area contributed by atoms with Crippen LogP contribution in [-0.4, -0.2) is 21.2 Å². The summed E-state index contributed by atoms with van der Waals surface area (Å²) in [6.07, 6.45) is 1.74. The highest BCUT2D eigenvalue weighted by molar-refractivity contribution is 5.80. The monoisotopic (exact) mass is 423 g/mol. The van der Waals surface area contributed by atoms with E-state index in [9.17, 15) is 0 Å². The van der Waals surface area contributed by atoms with Gasteiger partial charge in [0.05, 0.1) is 6.21 Å². The first-order valence-corrected chi connectivity index (χ1v) is 10.4. The largest absolute Gasteiger partial charge is 0.324 e. The van der Waals surface area contributed by atoms with Crippen molar-refractivity contribution in [3.05, 3.63) is 96.1 Å². The SMILES string of the molecule is CC(C)c1ccc(/C=N/Nc2nc(Nc3ccccc3)nc(Nc3ccccc3)n2)cc1. The smallest absolute Gasteiger partial charge is 0.250 e. The van der Waals surface area contributed by atoms with Gasteiger partial charge in [-0.2, -0.15) is 20.1 Å². The highest BCUT2D eigenvalue weighted by Crippen LogP contribution is 2.18. The second-order valence-corrected chi connectivity index (χ2v) is 7.48. The Morgan fingerprint density at radius 1 is 0.656 bits per heavy atom. The molecule has 0 radical (unpaired) electrons. The molecule has 3 aromatic carbocycles. The van der Waals surface area contributed by atoms with E-state index in [2.05, 4.69) is 62.1 Å². The minimum absolute atomic E-state index is 0.326. The molecule has 0 aliphatic heterocycles. The molecule has 0 amide bonds. The molecule has 0 atom stereocenters. The van der Waals surface area contributed by atoms with E-state index >= 15 is 0 Å². The van der Waals surface area contributed by atoms with E-state index in [0.717, 1.165) is 16.9 Å². The van der Waals surface area contributed by atoms with Crippen LogP contribution in [0.3, 0.4) is 0 Å². The molecule has 160 valence electrons. The Kier molecular flexibility index (Phi) is 6.67. The number of rotatable bonds is 8. The topological polar surface area (TPSA) is 87.1 Å². The van der Waals surface area contributed by atoms with Crippen molar-refractivity contribution >= 4 is 35.4 Å². The van der Waals surface area contributed by atoms with Gasteiger partial charge in [0.1, 0.15) is 0 Å². The van der Waals surface area contributed by atoms with Gasteiger partial charge in [0.2, 0.25) is 17.8 Å². The number of nitrogens with one attached hydrogen (secondary N) is 3. The van der Waals surface area contributed by atoms with Gasteiger partial charge in [0.25, 0.3) is 0 Å². The van der Waals surface area contributed by atoms with Crippen LogP contribution in [0.25, 0.3) is 0 Å². The molecule has 0 saturated heterocycles. The van der Waals surface area contributed by atoms with Crippen molar-refractivity contribution in [3.63, 3.8) is 0 Å². The minimum Gasteiger partial charge on any atom is -0.324 e. The van der Waals surface area contributed by atoms with Crippen molar-refractivity contribution in [1.29, 1.82) is 0 Å². The Morgan fingerprint density at radius 3 is 1.66 bits per heavy atom. The summed E-state index contributed by atoms with van der Waals surface area (Å²) in [6, 6.07) is 27.8. The third kappa shape index (κ3) is 5.89. The van der Waals surface area contributed by atoms with Crippen LogP contribution in [0.15, 0.2) is 90.0 Å². The standard InChI is InChI=1S/C25H25N7/c1-18(2)20-15-13-19(14-16-20)17-26-32-25-30-23(27-21-9-5-3-6-10-21)29-24(31-25)28-22-11-7-4-8-12-22/h3-18H,1-2H3,(H3,27,28,29,30,31,32)/b26-17+. The van der Waals surface area contributed by atoms with Crippen LogP contribution >= 0.6 is 0 Å². The summed E-state index contributed by atoms with van der Waals surface area (Å²) in [6.45, 7) is 4.35. The maximum Gasteiger partial charge on any atom is 0.250 e. The molecule has 1 aromatic heterocycles. The van der Waals surface area contributed by atoms with Gasteiger partial charge in [-0.3, -0.25) is 0 Å². The van der Waals surface area contributed by atoms with Crippen LogP contribution in [0.5, 0.6) is 0 Å². The van der Waals surface area contributed by atoms with Crippen LogP contribution in [-0.2, 0) is 0 Å². The van der Waals surface area contributed by atoms with E-state index in [-0.39, 0.29) is 0 Å². The highest BCUT2D eigenvalue weighted by Gasteiger charge is 2.07. The maximum absolute atomic E-state index is 4.48. The van der Waals surface area contributed by atoms with Crippen molar-refractivity contribution in [3.8, 4) is 0 Å². The first-order chi connectivity index (χ1) is 15.7. The van der Waals surface area contributed by atoms with Gasteiger partial charge in [-0.15, -0.1) is 0 Å². The quantitative estimate of drug-likeness (QED) is 0.241. The number of benzene rings is 3. The summed E-state index contributed by atoms with van der Waals surface area (Å²) in [4.78, 5) is 13.4. The zero-order valence-electron chi connectivity index (χ0n) is 18.0. The molecule has 4 rings (SSSR count).